The summed E-state index contributed by atoms with van der Waals surface area (Å²) in [4.78, 5) is 24.6. The molecule has 4 heterocycles. The van der Waals surface area contributed by atoms with E-state index >= 15 is 0 Å². The number of anilines is 3. The highest BCUT2D eigenvalue weighted by molar-refractivity contribution is 6.05. The Morgan fingerprint density at radius 2 is 2.11 bits per heavy atom. The van der Waals surface area contributed by atoms with Crippen LogP contribution in [0.4, 0.5) is 17.1 Å². The number of rotatable bonds is 11. The van der Waals surface area contributed by atoms with Gasteiger partial charge in [0.2, 0.25) is 5.91 Å². The van der Waals surface area contributed by atoms with Gasteiger partial charge in [-0.1, -0.05) is 19.1 Å². The van der Waals surface area contributed by atoms with Crippen molar-refractivity contribution in [3.05, 3.63) is 90.0 Å². The molecule has 0 saturated carbocycles. The zero-order valence-electron chi connectivity index (χ0n) is 26.9. The molecule has 1 aliphatic rings. The van der Waals surface area contributed by atoms with Gasteiger partial charge in [0.25, 0.3) is 0 Å². The lowest BCUT2D eigenvalue weighted by Crippen LogP contribution is -2.43. The topological polar surface area (TPSA) is 130 Å². The fraction of sp³-hybridized carbons (Fsp3) is 0.306. The number of aromatic nitrogens is 4. The van der Waals surface area contributed by atoms with Gasteiger partial charge in [0.1, 0.15) is 11.8 Å². The smallest absolute Gasteiger partial charge is 0.248 e. The molecule has 11 heteroatoms. The molecular weight excluding hydrogens is 592 g/mol. The Hall–Kier alpha value is -5.31. The first-order chi connectivity index (χ1) is 23.0. The monoisotopic (exact) mass is 630 g/mol. The molecule has 240 valence electrons. The largest absolute Gasteiger partial charge is 0.492 e. The molecule has 0 aliphatic carbocycles. The fourth-order valence-corrected chi connectivity index (χ4v) is 5.80. The molecule has 47 heavy (non-hydrogen) atoms. The Morgan fingerprint density at radius 1 is 1.21 bits per heavy atom. The Bertz CT molecular complexity index is 1960. The number of hydrogen-bond donors (Lipinski definition) is 2. The average molecular weight is 631 g/mol. The predicted molar refractivity (Wildman–Crippen MR) is 183 cm³/mol. The van der Waals surface area contributed by atoms with Crippen LogP contribution in [0.3, 0.4) is 0 Å². The predicted octanol–water partition coefficient (Wildman–Crippen LogP) is 5.82. The van der Waals surface area contributed by atoms with Crippen LogP contribution < -0.4 is 15.4 Å². The zero-order chi connectivity index (χ0) is 32.8. The lowest BCUT2D eigenvalue weighted by atomic mass is 10.0. The van der Waals surface area contributed by atoms with Gasteiger partial charge in [-0.3, -0.25) is 24.3 Å². The van der Waals surface area contributed by atoms with Gasteiger partial charge >= 0.3 is 0 Å². The van der Waals surface area contributed by atoms with E-state index in [0.29, 0.717) is 84.7 Å². The third-order valence-corrected chi connectivity index (χ3v) is 8.23. The Labute approximate surface area is 273 Å². The summed E-state index contributed by atoms with van der Waals surface area (Å²) in [6.45, 7) is 9.82. The lowest BCUT2D eigenvalue weighted by Gasteiger charge is -2.32. The van der Waals surface area contributed by atoms with Crippen molar-refractivity contribution in [2.24, 2.45) is 0 Å². The van der Waals surface area contributed by atoms with E-state index in [1.54, 1.807) is 12.3 Å². The van der Waals surface area contributed by atoms with E-state index in [1.165, 1.54) is 0 Å². The van der Waals surface area contributed by atoms with Crippen LogP contribution in [-0.2, 0) is 22.5 Å². The van der Waals surface area contributed by atoms with E-state index in [-0.39, 0.29) is 5.91 Å². The highest BCUT2D eigenvalue weighted by Gasteiger charge is 2.20. The van der Waals surface area contributed by atoms with Crippen LogP contribution in [0.1, 0.15) is 37.7 Å². The molecule has 1 saturated heterocycles. The molecule has 2 N–H and O–H groups in total. The number of carbonyl (C=O) groups excluding carboxylic acids is 1. The van der Waals surface area contributed by atoms with E-state index in [4.69, 9.17) is 14.5 Å². The molecule has 6 rings (SSSR count). The molecular formula is C36H38N8O3. The van der Waals surface area contributed by atoms with Crippen LogP contribution >= 0.6 is 0 Å². The molecule has 1 amide bonds. The second kappa shape index (κ2) is 14.4. The van der Waals surface area contributed by atoms with Gasteiger partial charge in [0.15, 0.2) is 0 Å². The molecule has 0 radical (unpaired) electrons. The Morgan fingerprint density at radius 3 is 2.87 bits per heavy atom. The maximum absolute atomic E-state index is 13.1. The number of morpholine rings is 1. The first-order valence-corrected chi connectivity index (χ1v) is 15.9. The molecule has 5 aromatic rings. The maximum Gasteiger partial charge on any atom is 0.248 e. The van der Waals surface area contributed by atoms with E-state index in [2.05, 4.69) is 38.6 Å². The summed E-state index contributed by atoms with van der Waals surface area (Å²) in [5.74, 6) is 0.239. The third-order valence-electron chi connectivity index (χ3n) is 8.23. The number of fused-ring (bicyclic) bond motifs is 2. The molecule has 0 unspecified atom stereocenters. The number of hydrogen-bond acceptors (Lipinski definition) is 9. The number of benzene rings is 2. The van der Waals surface area contributed by atoms with E-state index in [1.807, 2.05) is 79.3 Å². The van der Waals surface area contributed by atoms with Gasteiger partial charge in [-0.25, -0.2) is 0 Å². The van der Waals surface area contributed by atoms with Crippen molar-refractivity contribution in [1.82, 2.24) is 24.6 Å². The van der Waals surface area contributed by atoms with Gasteiger partial charge in [-0.15, -0.1) is 0 Å². The number of nitriles is 1. The van der Waals surface area contributed by atoms with Crippen molar-refractivity contribution in [3.63, 3.8) is 0 Å². The van der Waals surface area contributed by atoms with Gasteiger partial charge in [0.05, 0.1) is 71.9 Å². The number of aryl methyl sites for hydroxylation is 1. The quantitative estimate of drug-likeness (QED) is 0.173. The summed E-state index contributed by atoms with van der Waals surface area (Å²) >= 11 is 0. The van der Waals surface area contributed by atoms with E-state index < -0.39 is 0 Å². The maximum atomic E-state index is 13.1. The normalized spacial score (nSPS) is 15.2. The molecule has 0 spiro atoms. The molecule has 11 nitrogen and oxygen atoms in total. The first kappa shape index (κ1) is 31.7. The van der Waals surface area contributed by atoms with Crippen LogP contribution in [-0.4, -0.2) is 69.5 Å². The standard InChI is InChI=1S/C36H38N8O3/c1-4-30-29(20-37)36(40-26-11-12-33-25(17-26)21-39-44(33)22-27-9-6-7-13-38-27)28-18-32(34(47-5-2)19-31(28)41-30)42-35(45)10-8-14-43-15-16-46-23-24(43)3/h6-13,17-19,21,24H,4-5,14-16,22-23H2,1-3H3,(H,40,41)(H,42,45)/b10-8+/t24-/m1/s1. The lowest BCUT2D eigenvalue weighted by molar-refractivity contribution is -0.111. The van der Waals surface area contributed by atoms with Crippen molar-refractivity contribution in [1.29, 1.82) is 5.26 Å². The van der Waals surface area contributed by atoms with Gasteiger partial charge in [-0.2, -0.15) is 10.4 Å². The molecule has 2 aromatic carbocycles. The van der Waals surface area contributed by atoms with Crippen molar-refractivity contribution >= 4 is 44.8 Å². The highest BCUT2D eigenvalue weighted by atomic mass is 16.5. The van der Waals surface area contributed by atoms with Crippen molar-refractivity contribution < 1.29 is 14.3 Å². The summed E-state index contributed by atoms with van der Waals surface area (Å²) in [7, 11) is 0. The van der Waals surface area contributed by atoms with Crippen LogP contribution in [0, 0.1) is 11.3 Å². The number of nitrogens with one attached hydrogen (secondary N) is 2. The minimum Gasteiger partial charge on any atom is -0.492 e. The van der Waals surface area contributed by atoms with Crippen molar-refractivity contribution in [3.8, 4) is 11.8 Å². The SMILES string of the molecule is CCOc1cc2nc(CC)c(C#N)c(Nc3ccc4c(cnn4Cc4ccccn4)c3)c2cc1NC(=O)/C=C/CN1CCOC[C@H]1C. The van der Waals surface area contributed by atoms with Crippen LogP contribution in [0.5, 0.6) is 5.75 Å². The molecule has 1 fully saturated rings. The van der Waals surface area contributed by atoms with Crippen molar-refractivity contribution in [2.45, 2.75) is 39.8 Å². The summed E-state index contributed by atoms with van der Waals surface area (Å²) in [5.41, 5.74) is 5.58. The summed E-state index contributed by atoms with van der Waals surface area (Å²) in [5, 5.41) is 23.0. The second-order valence-corrected chi connectivity index (χ2v) is 11.4. The molecule has 0 bridgehead atoms. The van der Waals surface area contributed by atoms with Crippen molar-refractivity contribution in [2.75, 3.05) is 43.5 Å². The Balaban J connectivity index is 1.32. The summed E-state index contributed by atoms with van der Waals surface area (Å²) in [6.07, 6.45) is 7.58. The van der Waals surface area contributed by atoms with E-state index in [9.17, 15) is 10.1 Å². The number of ether oxygens (including phenoxy) is 2. The number of carbonyl (C=O) groups is 1. The molecule has 1 atom stereocenters. The number of amides is 1. The summed E-state index contributed by atoms with van der Waals surface area (Å²) < 4.78 is 13.4. The average Bonchev–Trinajstić information content (AvgIpc) is 3.48. The molecule has 3 aromatic heterocycles. The molecule has 1 aliphatic heterocycles. The fourth-order valence-electron chi connectivity index (χ4n) is 5.80. The highest BCUT2D eigenvalue weighted by Crippen LogP contribution is 2.38. The van der Waals surface area contributed by atoms with Gasteiger partial charge in [-0.05, 0) is 56.7 Å². The number of pyridine rings is 2. The van der Waals surface area contributed by atoms with Crippen LogP contribution in [0.25, 0.3) is 21.8 Å². The van der Waals surface area contributed by atoms with Gasteiger partial charge < -0.3 is 20.1 Å². The third kappa shape index (κ3) is 7.09. The van der Waals surface area contributed by atoms with E-state index in [0.717, 1.165) is 28.8 Å². The second-order valence-electron chi connectivity index (χ2n) is 11.4. The zero-order valence-corrected chi connectivity index (χ0v) is 26.9. The minimum absolute atomic E-state index is 0.271. The van der Waals surface area contributed by atoms with Gasteiger partial charge in [0, 0.05) is 53.9 Å². The summed E-state index contributed by atoms with van der Waals surface area (Å²) in [6, 6.07) is 18.1. The van der Waals surface area contributed by atoms with Crippen LogP contribution in [0.2, 0.25) is 0 Å². The first-order valence-electron chi connectivity index (χ1n) is 15.9. The Kier molecular flexibility index (Phi) is 9.71. The number of nitrogens with zero attached hydrogens (tertiary/aromatic N) is 6. The minimum atomic E-state index is -0.271. The van der Waals surface area contributed by atoms with Crippen LogP contribution in [0.15, 0.2) is 73.1 Å².